The van der Waals surface area contributed by atoms with Crippen molar-refractivity contribution in [2.75, 3.05) is 0 Å². The third kappa shape index (κ3) is 3.18. The monoisotopic (exact) mass is 245 g/mol. The Morgan fingerprint density at radius 1 is 1.18 bits per heavy atom. The van der Waals surface area contributed by atoms with E-state index in [1.807, 2.05) is 11.3 Å². The molecule has 1 nitrogen and oxygen atoms in total. The fourth-order valence-electron chi connectivity index (χ4n) is 1.82. The highest BCUT2D eigenvalue weighted by atomic mass is 32.1. The zero-order valence-electron chi connectivity index (χ0n) is 10.7. The molecule has 0 bridgehead atoms. The molecule has 1 aromatic heterocycles. The minimum Gasteiger partial charge on any atom is -0.305 e. The van der Waals surface area contributed by atoms with Crippen LogP contribution in [0.4, 0.5) is 0 Å². The van der Waals surface area contributed by atoms with Crippen LogP contribution in [0.1, 0.15) is 34.5 Å². The number of hydrogen-bond acceptors (Lipinski definition) is 2. The van der Waals surface area contributed by atoms with Crippen LogP contribution in [-0.4, -0.2) is 0 Å². The molecular weight excluding hydrogens is 226 g/mol. The third-order valence-electron chi connectivity index (χ3n) is 3.15. The molecular formula is C15H19NS. The van der Waals surface area contributed by atoms with E-state index in [0.29, 0.717) is 6.04 Å². The first kappa shape index (κ1) is 12.3. The molecule has 0 radical (unpaired) electrons. The van der Waals surface area contributed by atoms with Crippen LogP contribution in [-0.2, 0) is 6.54 Å². The standard InChI is InChI=1S/C15H19NS/c1-11-6-7-14(9-12(11)2)10-16-13(3)15-5-4-8-17-15/h4-9,13,16H,10H2,1-3H3. The molecule has 1 unspecified atom stereocenters. The van der Waals surface area contributed by atoms with Crippen molar-refractivity contribution in [1.82, 2.24) is 5.32 Å². The van der Waals surface area contributed by atoms with Crippen LogP contribution in [0, 0.1) is 13.8 Å². The van der Waals surface area contributed by atoms with Crippen LogP contribution < -0.4 is 5.32 Å². The quantitative estimate of drug-likeness (QED) is 0.850. The summed E-state index contributed by atoms with van der Waals surface area (Å²) >= 11 is 1.81. The SMILES string of the molecule is Cc1ccc(CNC(C)c2cccs2)cc1C. The summed E-state index contributed by atoms with van der Waals surface area (Å²) in [6.07, 6.45) is 0. The maximum absolute atomic E-state index is 3.56. The first-order valence-corrected chi connectivity index (χ1v) is 6.87. The largest absolute Gasteiger partial charge is 0.305 e. The predicted molar refractivity (Wildman–Crippen MR) is 75.5 cm³/mol. The Kier molecular flexibility index (Phi) is 3.97. The van der Waals surface area contributed by atoms with Gasteiger partial charge in [-0.05, 0) is 48.9 Å². The van der Waals surface area contributed by atoms with Crippen molar-refractivity contribution in [3.63, 3.8) is 0 Å². The summed E-state index contributed by atoms with van der Waals surface area (Å²) in [5.74, 6) is 0. The lowest BCUT2D eigenvalue weighted by Gasteiger charge is -2.13. The van der Waals surface area contributed by atoms with Gasteiger partial charge in [0.2, 0.25) is 0 Å². The van der Waals surface area contributed by atoms with E-state index in [0.717, 1.165) is 6.54 Å². The summed E-state index contributed by atoms with van der Waals surface area (Å²) in [4.78, 5) is 1.40. The minimum atomic E-state index is 0.427. The van der Waals surface area contributed by atoms with E-state index in [2.05, 4.69) is 61.8 Å². The molecule has 1 aromatic carbocycles. The maximum Gasteiger partial charge on any atom is 0.0388 e. The average Bonchev–Trinajstić information content (AvgIpc) is 2.84. The van der Waals surface area contributed by atoms with Gasteiger partial charge in [0, 0.05) is 17.5 Å². The molecule has 2 aromatic rings. The molecule has 0 fully saturated rings. The van der Waals surface area contributed by atoms with Crippen LogP contribution in [0.15, 0.2) is 35.7 Å². The second kappa shape index (κ2) is 5.48. The summed E-state index contributed by atoms with van der Waals surface area (Å²) in [6.45, 7) is 7.47. The van der Waals surface area contributed by atoms with E-state index >= 15 is 0 Å². The molecule has 2 rings (SSSR count). The first-order valence-electron chi connectivity index (χ1n) is 6.00. The van der Waals surface area contributed by atoms with Crippen molar-refractivity contribution in [3.05, 3.63) is 57.3 Å². The molecule has 1 atom stereocenters. The van der Waals surface area contributed by atoms with E-state index < -0.39 is 0 Å². The lowest BCUT2D eigenvalue weighted by Crippen LogP contribution is -2.17. The summed E-state index contributed by atoms with van der Waals surface area (Å²) in [7, 11) is 0. The van der Waals surface area contributed by atoms with Crippen LogP contribution >= 0.6 is 11.3 Å². The molecule has 0 aliphatic rings. The van der Waals surface area contributed by atoms with Gasteiger partial charge in [-0.3, -0.25) is 0 Å². The zero-order chi connectivity index (χ0) is 12.3. The smallest absolute Gasteiger partial charge is 0.0388 e. The third-order valence-corrected chi connectivity index (χ3v) is 4.21. The van der Waals surface area contributed by atoms with Crippen molar-refractivity contribution in [2.24, 2.45) is 0 Å². The minimum absolute atomic E-state index is 0.427. The Labute approximate surface area is 108 Å². The molecule has 0 aliphatic heterocycles. The van der Waals surface area contributed by atoms with Crippen LogP contribution in [0.3, 0.4) is 0 Å². The van der Waals surface area contributed by atoms with Gasteiger partial charge in [0.15, 0.2) is 0 Å². The van der Waals surface area contributed by atoms with Crippen molar-refractivity contribution in [3.8, 4) is 0 Å². The van der Waals surface area contributed by atoms with E-state index in [1.54, 1.807) is 0 Å². The van der Waals surface area contributed by atoms with E-state index in [-0.39, 0.29) is 0 Å². The second-order valence-electron chi connectivity index (χ2n) is 4.54. The summed E-state index contributed by atoms with van der Waals surface area (Å²) in [5.41, 5.74) is 4.09. The summed E-state index contributed by atoms with van der Waals surface area (Å²) < 4.78 is 0. The van der Waals surface area contributed by atoms with Crippen LogP contribution in [0.5, 0.6) is 0 Å². The highest BCUT2D eigenvalue weighted by Crippen LogP contribution is 2.19. The van der Waals surface area contributed by atoms with Crippen LogP contribution in [0.25, 0.3) is 0 Å². The molecule has 0 spiro atoms. The number of benzene rings is 1. The van der Waals surface area contributed by atoms with Gasteiger partial charge in [-0.25, -0.2) is 0 Å². The van der Waals surface area contributed by atoms with E-state index in [9.17, 15) is 0 Å². The fourth-order valence-corrected chi connectivity index (χ4v) is 2.58. The lowest BCUT2D eigenvalue weighted by molar-refractivity contribution is 0.582. The van der Waals surface area contributed by atoms with Gasteiger partial charge in [-0.1, -0.05) is 24.3 Å². The maximum atomic E-state index is 3.56. The average molecular weight is 245 g/mol. The van der Waals surface area contributed by atoms with Gasteiger partial charge >= 0.3 is 0 Å². The Balaban J connectivity index is 1.96. The Hall–Kier alpha value is -1.12. The molecule has 1 heterocycles. The molecule has 90 valence electrons. The van der Waals surface area contributed by atoms with Gasteiger partial charge < -0.3 is 5.32 Å². The van der Waals surface area contributed by atoms with Gasteiger partial charge in [0.25, 0.3) is 0 Å². The molecule has 0 saturated carbocycles. The second-order valence-corrected chi connectivity index (χ2v) is 5.52. The Morgan fingerprint density at radius 3 is 2.65 bits per heavy atom. The number of nitrogens with one attached hydrogen (secondary N) is 1. The van der Waals surface area contributed by atoms with Gasteiger partial charge in [0.05, 0.1) is 0 Å². The lowest BCUT2D eigenvalue weighted by atomic mass is 10.1. The van der Waals surface area contributed by atoms with Crippen molar-refractivity contribution < 1.29 is 0 Å². The molecule has 0 aliphatic carbocycles. The highest BCUT2D eigenvalue weighted by molar-refractivity contribution is 7.10. The normalized spacial score (nSPS) is 12.6. The molecule has 0 amide bonds. The van der Waals surface area contributed by atoms with Crippen molar-refractivity contribution in [2.45, 2.75) is 33.4 Å². The molecule has 0 saturated heterocycles. The van der Waals surface area contributed by atoms with Gasteiger partial charge in [0.1, 0.15) is 0 Å². The molecule has 17 heavy (non-hydrogen) atoms. The van der Waals surface area contributed by atoms with Gasteiger partial charge in [-0.15, -0.1) is 11.3 Å². The predicted octanol–water partition coefficient (Wildman–Crippen LogP) is 4.22. The van der Waals surface area contributed by atoms with E-state index in [4.69, 9.17) is 0 Å². The first-order chi connectivity index (χ1) is 8.16. The Bertz CT molecular complexity index is 474. The number of thiophene rings is 1. The fraction of sp³-hybridized carbons (Fsp3) is 0.333. The van der Waals surface area contributed by atoms with E-state index in [1.165, 1.54) is 21.6 Å². The number of rotatable bonds is 4. The highest BCUT2D eigenvalue weighted by Gasteiger charge is 2.05. The van der Waals surface area contributed by atoms with Gasteiger partial charge in [-0.2, -0.15) is 0 Å². The van der Waals surface area contributed by atoms with Crippen LogP contribution in [0.2, 0.25) is 0 Å². The summed E-state index contributed by atoms with van der Waals surface area (Å²) in [5, 5.41) is 5.69. The molecule has 1 N–H and O–H groups in total. The van der Waals surface area contributed by atoms with Crippen molar-refractivity contribution in [1.29, 1.82) is 0 Å². The molecule has 2 heteroatoms. The summed E-state index contributed by atoms with van der Waals surface area (Å²) in [6, 6.07) is 11.4. The number of hydrogen-bond donors (Lipinski definition) is 1. The van der Waals surface area contributed by atoms with Crippen molar-refractivity contribution >= 4 is 11.3 Å². The Morgan fingerprint density at radius 2 is 2.00 bits per heavy atom. The zero-order valence-corrected chi connectivity index (χ0v) is 11.5. The topological polar surface area (TPSA) is 12.0 Å². The number of aryl methyl sites for hydroxylation is 2.